The van der Waals surface area contributed by atoms with Crippen LogP contribution in [0.25, 0.3) is 0 Å². The summed E-state index contributed by atoms with van der Waals surface area (Å²) in [4.78, 5) is 14.7. The molecule has 1 aromatic heterocycles. The molecule has 2 N–H and O–H groups in total. The molecule has 3 nitrogen and oxygen atoms in total. The number of hydrogen-bond acceptors (Lipinski definition) is 3. The molecular weight excluding hydrogens is 331 g/mol. The van der Waals surface area contributed by atoms with Crippen LogP contribution in [0.3, 0.4) is 0 Å². The molecule has 0 spiro atoms. The number of rotatable bonds is 3. The van der Waals surface area contributed by atoms with Gasteiger partial charge < -0.3 is 10.6 Å². The van der Waals surface area contributed by atoms with Gasteiger partial charge in [-0.15, -0.1) is 11.3 Å². The molecule has 0 aliphatic heterocycles. The van der Waals surface area contributed by atoms with E-state index < -0.39 is 5.82 Å². The topological polar surface area (TPSA) is 46.3 Å². The number of thiophene rings is 1. The molecule has 0 saturated carbocycles. The van der Waals surface area contributed by atoms with Gasteiger partial charge in [-0.05, 0) is 40.2 Å². The summed E-state index contributed by atoms with van der Waals surface area (Å²) in [7, 11) is 1.68. The summed E-state index contributed by atoms with van der Waals surface area (Å²) in [6, 6.07) is 6.05. The van der Waals surface area contributed by atoms with Gasteiger partial charge in [-0.2, -0.15) is 0 Å². The summed E-state index contributed by atoms with van der Waals surface area (Å²) < 4.78 is 14.3. The van der Waals surface area contributed by atoms with E-state index in [1.165, 1.54) is 18.2 Å². The highest BCUT2D eigenvalue weighted by atomic mass is 79.9. The van der Waals surface area contributed by atoms with Crippen LogP contribution in [0.15, 0.2) is 34.1 Å². The smallest absolute Gasteiger partial charge is 0.254 e. The molecule has 0 unspecified atom stereocenters. The van der Waals surface area contributed by atoms with E-state index in [1.54, 1.807) is 23.3 Å². The first-order valence-electron chi connectivity index (χ1n) is 5.51. The lowest BCUT2D eigenvalue weighted by Gasteiger charge is -2.16. The number of hydrogen-bond donors (Lipinski definition) is 1. The molecule has 0 aliphatic carbocycles. The van der Waals surface area contributed by atoms with E-state index >= 15 is 0 Å². The Hall–Kier alpha value is -1.40. The molecule has 0 atom stereocenters. The largest absolute Gasteiger partial charge is 0.396 e. The quantitative estimate of drug-likeness (QED) is 0.867. The molecule has 6 heteroatoms. The third-order valence-corrected chi connectivity index (χ3v) is 4.29. The number of amides is 1. The van der Waals surface area contributed by atoms with Gasteiger partial charge in [-0.25, -0.2) is 4.39 Å². The van der Waals surface area contributed by atoms with Crippen molar-refractivity contribution in [2.24, 2.45) is 0 Å². The second kappa shape index (κ2) is 5.71. The van der Waals surface area contributed by atoms with Gasteiger partial charge in [-0.3, -0.25) is 4.79 Å². The standard InChI is InChI=1S/C13H12BrFN2OS/c1-17(6-10-5-9(14)7-19-10)13(18)8-2-3-12(16)11(15)4-8/h2-5,7H,6,16H2,1H3. The summed E-state index contributed by atoms with van der Waals surface area (Å²) in [5, 5.41) is 1.95. The van der Waals surface area contributed by atoms with E-state index in [9.17, 15) is 9.18 Å². The zero-order valence-corrected chi connectivity index (χ0v) is 12.6. The van der Waals surface area contributed by atoms with Crippen LogP contribution in [-0.2, 0) is 6.54 Å². The Bertz CT molecular complexity index is 614. The van der Waals surface area contributed by atoms with Crippen LogP contribution in [0.1, 0.15) is 15.2 Å². The van der Waals surface area contributed by atoms with E-state index in [4.69, 9.17) is 5.73 Å². The Morgan fingerprint density at radius 3 is 2.79 bits per heavy atom. The monoisotopic (exact) mass is 342 g/mol. The van der Waals surface area contributed by atoms with Gasteiger partial charge in [-0.1, -0.05) is 0 Å². The molecule has 1 aromatic carbocycles. The molecular formula is C13H12BrFN2OS. The first-order chi connectivity index (χ1) is 8.97. The number of carbonyl (C=O) groups excluding carboxylic acids is 1. The van der Waals surface area contributed by atoms with Crippen molar-refractivity contribution in [1.29, 1.82) is 0 Å². The van der Waals surface area contributed by atoms with Gasteiger partial charge in [0.25, 0.3) is 5.91 Å². The molecule has 1 amide bonds. The van der Waals surface area contributed by atoms with Gasteiger partial charge >= 0.3 is 0 Å². The van der Waals surface area contributed by atoms with Crippen LogP contribution in [0, 0.1) is 5.82 Å². The third kappa shape index (κ3) is 3.33. The second-order valence-corrected chi connectivity index (χ2v) is 6.04. The molecule has 0 saturated heterocycles. The molecule has 19 heavy (non-hydrogen) atoms. The van der Waals surface area contributed by atoms with E-state index in [-0.39, 0.29) is 11.6 Å². The Morgan fingerprint density at radius 1 is 1.47 bits per heavy atom. The van der Waals surface area contributed by atoms with Gasteiger partial charge in [0, 0.05) is 27.3 Å². The Morgan fingerprint density at radius 2 is 2.21 bits per heavy atom. The second-order valence-electron chi connectivity index (χ2n) is 4.13. The maximum absolute atomic E-state index is 13.3. The fraction of sp³-hybridized carbons (Fsp3) is 0.154. The van der Waals surface area contributed by atoms with Crippen molar-refractivity contribution in [3.63, 3.8) is 0 Å². The SMILES string of the molecule is CN(Cc1cc(Br)cs1)C(=O)c1ccc(N)c(F)c1. The van der Waals surface area contributed by atoms with Crippen molar-refractivity contribution in [1.82, 2.24) is 4.90 Å². The highest BCUT2D eigenvalue weighted by molar-refractivity contribution is 9.10. The lowest BCUT2D eigenvalue weighted by atomic mass is 10.1. The fourth-order valence-corrected chi connectivity index (χ4v) is 3.13. The van der Waals surface area contributed by atoms with Crippen molar-refractivity contribution in [3.05, 3.63) is 50.4 Å². The summed E-state index contributed by atoms with van der Waals surface area (Å²) >= 11 is 4.93. The summed E-state index contributed by atoms with van der Waals surface area (Å²) in [5.74, 6) is -0.804. The fourth-order valence-electron chi connectivity index (χ4n) is 1.62. The first-order valence-corrected chi connectivity index (χ1v) is 7.18. The number of nitrogens with two attached hydrogens (primary N) is 1. The van der Waals surface area contributed by atoms with E-state index in [2.05, 4.69) is 15.9 Å². The maximum atomic E-state index is 13.3. The highest BCUT2D eigenvalue weighted by Crippen LogP contribution is 2.21. The molecule has 1 heterocycles. The molecule has 0 aliphatic rings. The molecule has 0 fully saturated rings. The summed E-state index contributed by atoms with van der Waals surface area (Å²) in [5.41, 5.74) is 5.73. The number of halogens is 2. The zero-order chi connectivity index (χ0) is 14.0. The lowest BCUT2D eigenvalue weighted by molar-refractivity contribution is 0.0786. The minimum atomic E-state index is -0.571. The lowest BCUT2D eigenvalue weighted by Crippen LogP contribution is -2.25. The normalized spacial score (nSPS) is 10.5. The average Bonchev–Trinajstić information content (AvgIpc) is 2.77. The molecule has 2 aromatic rings. The van der Waals surface area contributed by atoms with Gasteiger partial charge in [0.05, 0.1) is 12.2 Å². The van der Waals surface area contributed by atoms with Crippen molar-refractivity contribution >= 4 is 38.9 Å². The minimum Gasteiger partial charge on any atom is -0.396 e. The highest BCUT2D eigenvalue weighted by Gasteiger charge is 2.14. The first kappa shape index (κ1) is 14.0. The zero-order valence-electron chi connectivity index (χ0n) is 10.2. The number of benzene rings is 1. The Kier molecular flexibility index (Phi) is 4.21. The molecule has 2 rings (SSSR count). The van der Waals surface area contributed by atoms with Crippen LogP contribution >= 0.6 is 27.3 Å². The van der Waals surface area contributed by atoms with Crippen molar-refractivity contribution in [3.8, 4) is 0 Å². The Balaban J connectivity index is 2.12. The van der Waals surface area contributed by atoms with Crippen LogP contribution in [-0.4, -0.2) is 17.9 Å². The number of carbonyl (C=O) groups is 1. The average molecular weight is 343 g/mol. The predicted molar refractivity (Wildman–Crippen MR) is 78.6 cm³/mol. The van der Waals surface area contributed by atoms with Crippen molar-refractivity contribution < 1.29 is 9.18 Å². The summed E-state index contributed by atoms with van der Waals surface area (Å²) in [6.45, 7) is 0.487. The number of nitrogens with zero attached hydrogens (tertiary/aromatic N) is 1. The molecule has 0 bridgehead atoms. The number of anilines is 1. The van der Waals surface area contributed by atoms with Crippen LogP contribution in [0.5, 0.6) is 0 Å². The predicted octanol–water partition coefficient (Wildman–Crippen LogP) is 3.50. The summed E-state index contributed by atoms with van der Waals surface area (Å²) in [6.07, 6.45) is 0. The van der Waals surface area contributed by atoms with Gasteiger partial charge in [0.1, 0.15) is 5.82 Å². The van der Waals surface area contributed by atoms with Crippen molar-refractivity contribution in [2.45, 2.75) is 6.54 Å². The minimum absolute atomic E-state index is 0.0430. The Labute approximate surface area is 123 Å². The van der Waals surface area contributed by atoms with E-state index in [1.807, 2.05) is 11.4 Å². The van der Waals surface area contributed by atoms with Gasteiger partial charge in [0.2, 0.25) is 0 Å². The van der Waals surface area contributed by atoms with Crippen LogP contribution in [0.4, 0.5) is 10.1 Å². The maximum Gasteiger partial charge on any atom is 0.254 e. The van der Waals surface area contributed by atoms with Crippen molar-refractivity contribution in [2.75, 3.05) is 12.8 Å². The van der Waals surface area contributed by atoms with Crippen LogP contribution in [0.2, 0.25) is 0 Å². The third-order valence-electron chi connectivity index (χ3n) is 2.61. The van der Waals surface area contributed by atoms with Gasteiger partial charge in [0.15, 0.2) is 0 Å². The molecule has 0 radical (unpaired) electrons. The van der Waals surface area contributed by atoms with E-state index in [0.29, 0.717) is 12.1 Å². The number of nitrogen functional groups attached to an aromatic ring is 1. The molecule has 100 valence electrons. The van der Waals surface area contributed by atoms with E-state index in [0.717, 1.165) is 9.35 Å². The van der Waals surface area contributed by atoms with Crippen LogP contribution < -0.4 is 5.73 Å².